The normalized spacial score (nSPS) is 12.0. The van der Waals surface area contributed by atoms with Crippen LogP contribution in [0.1, 0.15) is 44.6 Å². The lowest BCUT2D eigenvalue weighted by Crippen LogP contribution is -2.38. The Morgan fingerprint density at radius 2 is 2.06 bits per heavy atom. The second-order valence-electron chi connectivity index (χ2n) is 4.17. The SMILES string of the molecule is CCNc1cnc(C(=O)N(CC)C(C)CC)cn1. The Morgan fingerprint density at radius 1 is 1.33 bits per heavy atom. The van der Waals surface area contributed by atoms with E-state index in [1.807, 2.05) is 25.7 Å². The van der Waals surface area contributed by atoms with Gasteiger partial charge in [-0.25, -0.2) is 9.97 Å². The van der Waals surface area contributed by atoms with Crippen molar-refractivity contribution in [1.29, 1.82) is 0 Å². The Balaban J connectivity index is 2.82. The number of carbonyl (C=O) groups is 1. The van der Waals surface area contributed by atoms with Crippen LogP contribution in [0.15, 0.2) is 12.4 Å². The molecule has 1 heterocycles. The number of rotatable bonds is 6. The molecule has 5 heteroatoms. The minimum Gasteiger partial charge on any atom is -0.369 e. The Kier molecular flexibility index (Phi) is 5.55. The van der Waals surface area contributed by atoms with Crippen LogP contribution in [0.4, 0.5) is 5.82 Å². The summed E-state index contributed by atoms with van der Waals surface area (Å²) in [4.78, 5) is 22.4. The Bertz CT molecular complexity index is 377. The number of nitrogens with zero attached hydrogens (tertiary/aromatic N) is 3. The molecule has 0 aromatic carbocycles. The summed E-state index contributed by atoms with van der Waals surface area (Å²) in [5.41, 5.74) is 0.402. The van der Waals surface area contributed by atoms with E-state index >= 15 is 0 Å². The number of carbonyl (C=O) groups excluding carboxylic acids is 1. The van der Waals surface area contributed by atoms with Gasteiger partial charge in [-0.05, 0) is 27.2 Å². The summed E-state index contributed by atoms with van der Waals surface area (Å²) >= 11 is 0. The lowest BCUT2D eigenvalue weighted by molar-refractivity contribution is 0.0693. The van der Waals surface area contributed by atoms with E-state index in [0.29, 0.717) is 18.1 Å². The van der Waals surface area contributed by atoms with Crippen molar-refractivity contribution in [1.82, 2.24) is 14.9 Å². The number of hydrogen-bond donors (Lipinski definition) is 1. The molecule has 0 bridgehead atoms. The highest BCUT2D eigenvalue weighted by Crippen LogP contribution is 2.09. The molecular weight excluding hydrogens is 228 g/mol. The third-order valence-electron chi connectivity index (χ3n) is 2.95. The molecule has 1 N–H and O–H groups in total. The number of hydrogen-bond acceptors (Lipinski definition) is 4. The first-order valence-corrected chi connectivity index (χ1v) is 6.50. The molecule has 18 heavy (non-hydrogen) atoms. The van der Waals surface area contributed by atoms with Crippen molar-refractivity contribution in [2.24, 2.45) is 0 Å². The van der Waals surface area contributed by atoms with Crippen molar-refractivity contribution < 1.29 is 4.79 Å². The smallest absolute Gasteiger partial charge is 0.274 e. The maximum Gasteiger partial charge on any atom is 0.274 e. The van der Waals surface area contributed by atoms with Gasteiger partial charge >= 0.3 is 0 Å². The van der Waals surface area contributed by atoms with Gasteiger partial charge in [0.2, 0.25) is 0 Å². The van der Waals surface area contributed by atoms with E-state index in [-0.39, 0.29) is 11.9 Å². The Labute approximate surface area is 109 Å². The average Bonchev–Trinajstić information content (AvgIpc) is 2.40. The van der Waals surface area contributed by atoms with Gasteiger partial charge < -0.3 is 10.2 Å². The van der Waals surface area contributed by atoms with Gasteiger partial charge in [0.05, 0.1) is 12.4 Å². The molecule has 0 saturated carbocycles. The number of nitrogens with one attached hydrogen (secondary N) is 1. The second-order valence-corrected chi connectivity index (χ2v) is 4.17. The fourth-order valence-electron chi connectivity index (χ4n) is 1.73. The van der Waals surface area contributed by atoms with Crippen LogP contribution in [0, 0.1) is 0 Å². The van der Waals surface area contributed by atoms with Crippen molar-refractivity contribution in [2.75, 3.05) is 18.4 Å². The maximum atomic E-state index is 12.2. The standard InChI is InChI=1S/C13H22N4O/c1-5-10(4)17(7-3)13(18)11-8-16-12(9-15-11)14-6-2/h8-10H,5-7H2,1-4H3,(H,14,16). The van der Waals surface area contributed by atoms with Crippen molar-refractivity contribution in [3.05, 3.63) is 18.1 Å². The topological polar surface area (TPSA) is 58.1 Å². The molecule has 0 aliphatic heterocycles. The van der Waals surface area contributed by atoms with Crippen LogP contribution in [-0.4, -0.2) is 39.9 Å². The van der Waals surface area contributed by atoms with Crippen molar-refractivity contribution in [3.63, 3.8) is 0 Å². The monoisotopic (exact) mass is 250 g/mol. The molecule has 0 spiro atoms. The molecule has 5 nitrogen and oxygen atoms in total. The highest BCUT2D eigenvalue weighted by atomic mass is 16.2. The summed E-state index contributed by atoms with van der Waals surface area (Å²) in [5, 5.41) is 3.05. The van der Waals surface area contributed by atoms with Gasteiger partial charge in [0.15, 0.2) is 0 Å². The molecule has 0 saturated heterocycles. The van der Waals surface area contributed by atoms with Crippen LogP contribution in [0.3, 0.4) is 0 Å². The minimum absolute atomic E-state index is 0.0533. The van der Waals surface area contributed by atoms with Crippen LogP contribution in [0.25, 0.3) is 0 Å². The molecule has 0 aliphatic rings. The molecule has 1 aromatic heterocycles. The van der Waals surface area contributed by atoms with Gasteiger partial charge in [-0.3, -0.25) is 4.79 Å². The predicted molar refractivity (Wildman–Crippen MR) is 72.7 cm³/mol. The molecule has 1 amide bonds. The number of amides is 1. The molecule has 0 aliphatic carbocycles. The minimum atomic E-state index is -0.0533. The van der Waals surface area contributed by atoms with Gasteiger partial charge in [0, 0.05) is 19.1 Å². The van der Waals surface area contributed by atoms with Gasteiger partial charge in [0.25, 0.3) is 5.91 Å². The highest BCUT2D eigenvalue weighted by Gasteiger charge is 2.19. The van der Waals surface area contributed by atoms with E-state index in [9.17, 15) is 4.79 Å². The summed E-state index contributed by atoms with van der Waals surface area (Å²) in [7, 11) is 0. The van der Waals surface area contributed by atoms with E-state index < -0.39 is 0 Å². The van der Waals surface area contributed by atoms with Crippen LogP contribution in [0.5, 0.6) is 0 Å². The summed E-state index contributed by atoms with van der Waals surface area (Å²) in [6, 6.07) is 0.220. The van der Waals surface area contributed by atoms with E-state index in [1.165, 1.54) is 6.20 Å². The summed E-state index contributed by atoms with van der Waals surface area (Å²) in [6.45, 7) is 9.55. The molecule has 1 unspecified atom stereocenters. The summed E-state index contributed by atoms with van der Waals surface area (Å²) in [5.74, 6) is 0.642. The lowest BCUT2D eigenvalue weighted by atomic mass is 10.2. The fourth-order valence-corrected chi connectivity index (χ4v) is 1.73. The molecule has 0 radical (unpaired) electrons. The largest absolute Gasteiger partial charge is 0.369 e. The van der Waals surface area contributed by atoms with Gasteiger partial charge in [-0.15, -0.1) is 0 Å². The third-order valence-corrected chi connectivity index (χ3v) is 2.95. The zero-order valence-corrected chi connectivity index (χ0v) is 11.6. The van der Waals surface area contributed by atoms with Crippen molar-refractivity contribution >= 4 is 11.7 Å². The van der Waals surface area contributed by atoms with Crippen LogP contribution in [0.2, 0.25) is 0 Å². The van der Waals surface area contributed by atoms with E-state index in [1.54, 1.807) is 6.20 Å². The van der Waals surface area contributed by atoms with Gasteiger partial charge in [-0.2, -0.15) is 0 Å². The molecular formula is C13H22N4O. The third kappa shape index (κ3) is 3.42. The fraction of sp³-hybridized carbons (Fsp3) is 0.615. The number of anilines is 1. The van der Waals surface area contributed by atoms with Gasteiger partial charge in [0.1, 0.15) is 11.5 Å². The first kappa shape index (κ1) is 14.4. The summed E-state index contributed by atoms with van der Waals surface area (Å²) < 4.78 is 0. The summed E-state index contributed by atoms with van der Waals surface area (Å²) in [6.07, 6.45) is 4.06. The first-order valence-electron chi connectivity index (χ1n) is 6.50. The van der Waals surface area contributed by atoms with Gasteiger partial charge in [-0.1, -0.05) is 6.92 Å². The number of aromatic nitrogens is 2. The zero-order valence-electron chi connectivity index (χ0n) is 11.6. The molecule has 100 valence electrons. The predicted octanol–water partition coefficient (Wildman–Crippen LogP) is 2.17. The van der Waals surface area contributed by atoms with E-state index in [4.69, 9.17) is 0 Å². The Hall–Kier alpha value is -1.65. The van der Waals surface area contributed by atoms with Crippen molar-refractivity contribution in [3.8, 4) is 0 Å². The van der Waals surface area contributed by atoms with E-state index in [0.717, 1.165) is 13.0 Å². The second kappa shape index (κ2) is 6.93. The average molecular weight is 250 g/mol. The van der Waals surface area contributed by atoms with Crippen LogP contribution < -0.4 is 5.32 Å². The van der Waals surface area contributed by atoms with Crippen LogP contribution in [-0.2, 0) is 0 Å². The van der Waals surface area contributed by atoms with E-state index in [2.05, 4.69) is 22.2 Å². The first-order chi connectivity index (χ1) is 8.63. The Morgan fingerprint density at radius 3 is 2.50 bits per heavy atom. The maximum absolute atomic E-state index is 12.2. The quantitative estimate of drug-likeness (QED) is 0.840. The molecule has 1 rings (SSSR count). The molecule has 0 fully saturated rings. The highest BCUT2D eigenvalue weighted by molar-refractivity contribution is 5.92. The van der Waals surface area contributed by atoms with Crippen LogP contribution >= 0.6 is 0 Å². The lowest BCUT2D eigenvalue weighted by Gasteiger charge is -2.26. The zero-order chi connectivity index (χ0) is 13.5. The van der Waals surface area contributed by atoms with Crippen molar-refractivity contribution in [2.45, 2.75) is 40.2 Å². The molecule has 1 atom stereocenters. The molecule has 1 aromatic rings.